The number of halogens is 4. The molecule has 1 aliphatic heterocycles. The van der Waals surface area contributed by atoms with Crippen molar-refractivity contribution >= 4 is 23.5 Å². The normalized spacial score (nSPS) is 13.8. The Balaban J connectivity index is 1.78. The van der Waals surface area contributed by atoms with E-state index in [1.165, 1.54) is 12.1 Å². The third kappa shape index (κ3) is 3.73. The number of nitrogens with zero attached hydrogens (tertiary/aromatic N) is 3. The van der Waals surface area contributed by atoms with Crippen LogP contribution in [0.15, 0.2) is 41.5 Å². The predicted molar refractivity (Wildman–Crippen MR) is 79.8 cm³/mol. The van der Waals surface area contributed by atoms with Crippen molar-refractivity contribution in [2.75, 3.05) is 18.2 Å². The molecule has 1 aromatic carbocycles. The highest BCUT2D eigenvalue weighted by molar-refractivity contribution is 6.29. The number of hydrogen-bond donors (Lipinski definition) is 0. The number of rotatable bonds is 3. The minimum absolute atomic E-state index is 0.160. The highest BCUT2D eigenvalue weighted by Crippen LogP contribution is 2.22. The van der Waals surface area contributed by atoms with Crippen LogP contribution < -0.4 is 20.2 Å². The molecule has 0 aliphatic carbocycles. The second-order valence-corrected chi connectivity index (χ2v) is 5.19. The number of fused-ring (bicyclic) bond motifs is 1. The van der Waals surface area contributed by atoms with E-state index in [4.69, 9.17) is 11.6 Å². The molecule has 0 spiro atoms. The minimum atomic E-state index is -4.35. The van der Waals surface area contributed by atoms with E-state index in [1.807, 2.05) is 11.1 Å². The van der Waals surface area contributed by atoms with Crippen LogP contribution in [0.25, 0.3) is 6.20 Å². The van der Waals surface area contributed by atoms with Crippen LogP contribution in [0.2, 0.25) is 5.15 Å². The summed E-state index contributed by atoms with van der Waals surface area (Å²) >= 11 is 5.98. The smallest absolute Gasteiger partial charge is 0.422 e. The molecule has 23 heavy (non-hydrogen) atoms. The molecule has 1 aromatic heterocycles. The van der Waals surface area contributed by atoms with Crippen molar-refractivity contribution < 1.29 is 17.9 Å². The maximum absolute atomic E-state index is 12.1. The van der Waals surface area contributed by atoms with Crippen molar-refractivity contribution in [2.45, 2.75) is 6.18 Å². The van der Waals surface area contributed by atoms with Gasteiger partial charge in [-0.15, -0.1) is 0 Å². The first-order valence-corrected chi connectivity index (χ1v) is 7.03. The summed E-state index contributed by atoms with van der Waals surface area (Å²) in [5.74, 6) is 0.160. The molecule has 0 saturated heterocycles. The molecular formula is C15H11ClF3N3O. The first-order chi connectivity index (χ1) is 10.9. The third-order valence-electron chi connectivity index (χ3n) is 3.16. The molecule has 0 unspecified atom stereocenters. The maximum Gasteiger partial charge on any atom is 0.422 e. The van der Waals surface area contributed by atoms with Crippen LogP contribution in [-0.2, 0) is 0 Å². The number of pyridine rings is 1. The average Bonchev–Trinajstić information content (AvgIpc) is 2.53. The Bertz CT molecular complexity index is 821. The predicted octanol–water partition coefficient (Wildman–Crippen LogP) is 2.51. The second kappa shape index (κ2) is 6.08. The summed E-state index contributed by atoms with van der Waals surface area (Å²) in [5.41, 5.74) is 0.784. The quantitative estimate of drug-likeness (QED) is 0.805. The minimum Gasteiger partial charge on any atom is -0.484 e. The summed E-state index contributed by atoms with van der Waals surface area (Å²) in [5, 5.41) is 1.80. The van der Waals surface area contributed by atoms with Crippen molar-refractivity contribution in [3.63, 3.8) is 0 Å². The van der Waals surface area contributed by atoms with Gasteiger partial charge in [0.05, 0.1) is 0 Å². The number of benzene rings is 1. The van der Waals surface area contributed by atoms with Crippen LogP contribution >= 0.6 is 11.6 Å². The van der Waals surface area contributed by atoms with Gasteiger partial charge in [0.1, 0.15) is 17.8 Å². The fourth-order valence-corrected chi connectivity index (χ4v) is 2.34. The van der Waals surface area contributed by atoms with Crippen LogP contribution in [0.1, 0.15) is 0 Å². The Kier molecular flexibility index (Phi) is 4.12. The molecule has 0 radical (unpaired) electrons. The maximum atomic E-state index is 12.1. The molecule has 0 bridgehead atoms. The highest BCUT2D eigenvalue weighted by atomic mass is 35.5. The largest absolute Gasteiger partial charge is 0.484 e. The molecule has 0 amide bonds. The van der Waals surface area contributed by atoms with E-state index in [1.54, 1.807) is 24.4 Å². The molecular weight excluding hydrogens is 331 g/mol. The van der Waals surface area contributed by atoms with E-state index >= 15 is 0 Å². The van der Waals surface area contributed by atoms with Gasteiger partial charge in [-0.05, 0) is 30.3 Å². The second-order valence-electron chi connectivity index (χ2n) is 4.84. The SMILES string of the molecule is FC(F)(F)COc1ccc(N2C=c3ccnc(Cl)c3=NC2)cc1. The van der Waals surface area contributed by atoms with Crippen LogP contribution in [-0.4, -0.2) is 24.4 Å². The van der Waals surface area contributed by atoms with Crippen molar-refractivity contribution in [3.8, 4) is 5.75 Å². The van der Waals surface area contributed by atoms with Gasteiger partial charge in [-0.3, -0.25) is 4.99 Å². The summed E-state index contributed by atoms with van der Waals surface area (Å²) in [6.07, 6.45) is -0.901. The number of ether oxygens (including phenoxy) is 1. The lowest BCUT2D eigenvalue weighted by Gasteiger charge is -2.21. The van der Waals surface area contributed by atoms with E-state index in [0.29, 0.717) is 17.2 Å². The van der Waals surface area contributed by atoms with Gasteiger partial charge < -0.3 is 9.64 Å². The van der Waals surface area contributed by atoms with E-state index < -0.39 is 12.8 Å². The van der Waals surface area contributed by atoms with Gasteiger partial charge in [0.25, 0.3) is 0 Å². The number of anilines is 1. The van der Waals surface area contributed by atoms with Crippen molar-refractivity contribution in [3.05, 3.63) is 52.3 Å². The van der Waals surface area contributed by atoms with Gasteiger partial charge in [0.2, 0.25) is 0 Å². The Morgan fingerprint density at radius 2 is 1.91 bits per heavy atom. The van der Waals surface area contributed by atoms with Crippen molar-refractivity contribution in [1.29, 1.82) is 0 Å². The fraction of sp³-hybridized carbons (Fsp3) is 0.200. The summed E-state index contributed by atoms with van der Waals surface area (Å²) in [7, 11) is 0. The van der Waals surface area contributed by atoms with Gasteiger partial charge in [0, 0.05) is 23.3 Å². The number of hydrogen-bond acceptors (Lipinski definition) is 4. The molecule has 0 N–H and O–H groups in total. The summed E-state index contributed by atoms with van der Waals surface area (Å²) in [6, 6.07) is 8.11. The lowest BCUT2D eigenvalue weighted by molar-refractivity contribution is -0.153. The lowest BCUT2D eigenvalue weighted by atomic mass is 10.2. The molecule has 2 heterocycles. The van der Waals surface area contributed by atoms with Crippen LogP contribution in [0.4, 0.5) is 18.9 Å². The van der Waals surface area contributed by atoms with Gasteiger partial charge in [0.15, 0.2) is 11.8 Å². The monoisotopic (exact) mass is 341 g/mol. The van der Waals surface area contributed by atoms with E-state index in [0.717, 1.165) is 10.9 Å². The van der Waals surface area contributed by atoms with Crippen molar-refractivity contribution in [1.82, 2.24) is 4.98 Å². The molecule has 3 rings (SSSR count). The van der Waals surface area contributed by atoms with Gasteiger partial charge >= 0.3 is 6.18 Å². The standard InChI is InChI=1S/C15H11ClF3N3O/c16-14-13-10(5-6-20-14)7-22(9-21-13)11-1-3-12(4-2-11)23-8-15(17,18)19/h1-7H,8-9H2. The fourth-order valence-electron chi connectivity index (χ4n) is 2.11. The Morgan fingerprint density at radius 3 is 2.61 bits per heavy atom. The van der Waals surface area contributed by atoms with Gasteiger partial charge in [-0.1, -0.05) is 11.6 Å². The molecule has 120 valence electrons. The molecule has 0 atom stereocenters. The zero-order chi connectivity index (χ0) is 16.4. The van der Waals surface area contributed by atoms with Gasteiger partial charge in [-0.2, -0.15) is 13.2 Å². The van der Waals surface area contributed by atoms with Gasteiger partial charge in [-0.25, -0.2) is 4.98 Å². The average molecular weight is 342 g/mol. The van der Waals surface area contributed by atoms with E-state index in [9.17, 15) is 13.2 Å². The number of aromatic nitrogens is 1. The van der Waals surface area contributed by atoms with Crippen LogP contribution in [0.5, 0.6) is 5.75 Å². The molecule has 0 saturated carbocycles. The summed E-state index contributed by atoms with van der Waals surface area (Å²) < 4.78 is 41.0. The first-order valence-electron chi connectivity index (χ1n) is 6.65. The van der Waals surface area contributed by atoms with E-state index in [-0.39, 0.29) is 5.75 Å². The Morgan fingerprint density at radius 1 is 1.17 bits per heavy atom. The van der Waals surface area contributed by atoms with Crippen LogP contribution in [0.3, 0.4) is 0 Å². The topological polar surface area (TPSA) is 37.7 Å². The third-order valence-corrected chi connectivity index (χ3v) is 3.43. The summed E-state index contributed by atoms with van der Waals surface area (Å²) in [6.45, 7) is -0.961. The molecule has 2 aromatic rings. The zero-order valence-corrected chi connectivity index (χ0v) is 12.5. The van der Waals surface area contributed by atoms with E-state index in [2.05, 4.69) is 14.7 Å². The zero-order valence-electron chi connectivity index (χ0n) is 11.7. The molecule has 4 nitrogen and oxygen atoms in total. The number of alkyl halides is 3. The molecule has 0 fully saturated rings. The highest BCUT2D eigenvalue weighted by Gasteiger charge is 2.28. The Labute approximate surface area is 134 Å². The molecule has 8 heteroatoms. The Hall–Kier alpha value is -2.28. The molecule has 1 aliphatic rings. The van der Waals surface area contributed by atoms with Crippen molar-refractivity contribution in [2.24, 2.45) is 4.99 Å². The summed E-state index contributed by atoms with van der Waals surface area (Å²) in [4.78, 5) is 10.2. The first kappa shape index (κ1) is 15.6. The van der Waals surface area contributed by atoms with Crippen LogP contribution in [0, 0.1) is 0 Å². The lowest BCUT2D eigenvalue weighted by Crippen LogP contribution is -2.37.